The molecule has 0 radical (unpaired) electrons. The Labute approximate surface area is 168 Å². The second kappa shape index (κ2) is 9.37. The Morgan fingerprint density at radius 2 is 2.27 bits per heavy atom. The number of para-hydroxylation sites is 1. The first-order chi connectivity index (χ1) is 12.7. The van der Waals surface area contributed by atoms with Crippen LogP contribution in [0.25, 0.3) is 0 Å². The molecule has 0 bridgehead atoms. The minimum atomic E-state index is 0.405. The first kappa shape index (κ1) is 19.2. The molecule has 1 unspecified atom stereocenters. The Morgan fingerprint density at radius 1 is 1.42 bits per heavy atom. The van der Waals surface area contributed by atoms with E-state index in [9.17, 15) is 0 Å². The Hall–Kier alpha value is -1.60. The van der Waals surface area contributed by atoms with Crippen molar-refractivity contribution in [2.24, 2.45) is 4.99 Å². The molecule has 1 saturated heterocycles. The standard InChI is InChI=1S/C19H26BrN5S/c1-3-21-19(22-10-8-18-23-12-14(2)26-18)24-15-9-11-25(13-15)17-7-5-4-6-16(17)20/h4-7,12,15H,3,8-11,13H2,1-2H3,(H2,21,22,24). The number of hydrogen-bond donors (Lipinski definition) is 2. The monoisotopic (exact) mass is 435 g/mol. The summed E-state index contributed by atoms with van der Waals surface area (Å²) in [6.07, 6.45) is 3.93. The average molecular weight is 436 g/mol. The van der Waals surface area contributed by atoms with Crippen LogP contribution in [-0.4, -0.2) is 43.2 Å². The summed E-state index contributed by atoms with van der Waals surface area (Å²) in [6.45, 7) is 7.85. The second-order valence-corrected chi connectivity index (χ2v) is 8.58. The highest BCUT2D eigenvalue weighted by Crippen LogP contribution is 2.28. The first-order valence-corrected chi connectivity index (χ1v) is 10.7. The van der Waals surface area contributed by atoms with Gasteiger partial charge in [-0.1, -0.05) is 12.1 Å². The Bertz CT molecular complexity index is 745. The fraction of sp³-hybridized carbons (Fsp3) is 0.474. The highest BCUT2D eigenvalue weighted by molar-refractivity contribution is 9.10. The number of halogens is 1. The van der Waals surface area contributed by atoms with Crippen molar-refractivity contribution < 1.29 is 0 Å². The lowest BCUT2D eigenvalue weighted by Crippen LogP contribution is -2.44. The summed E-state index contributed by atoms with van der Waals surface area (Å²) in [7, 11) is 0. The number of nitrogens with zero attached hydrogens (tertiary/aromatic N) is 3. The molecule has 5 nitrogen and oxygen atoms in total. The molecule has 1 aliphatic heterocycles. The molecule has 2 N–H and O–H groups in total. The van der Waals surface area contributed by atoms with Crippen molar-refractivity contribution in [3.63, 3.8) is 0 Å². The van der Waals surface area contributed by atoms with Gasteiger partial charge in [-0.15, -0.1) is 11.3 Å². The van der Waals surface area contributed by atoms with Gasteiger partial charge < -0.3 is 15.5 Å². The number of guanidine groups is 1. The first-order valence-electron chi connectivity index (χ1n) is 9.11. The van der Waals surface area contributed by atoms with E-state index in [1.807, 2.05) is 6.20 Å². The maximum Gasteiger partial charge on any atom is 0.191 e. The summed E-state index contributed by atoms with van der Waals surface area (Å²) in [5.41, 5.74) is 1.26. The number of nitrogens with one attached hydrogen (secondary N) is 2. The molecule has 0 amide bonds. The van der Waals surface area contributed by atoms with Gasteiger partial charge in [0.05, 0.1) is 10.7 Å². The smallest absolute Gasteiger partial charge is 0.191 e. The van der Waals surface area contributed by atoms with Crippen LogP contribution in [0.2, 0.25) is 0 Å². The topological polar surface area (TPSA) is 52.6 Å². The van der Waals surface area contributed by atoms with Crippen molar-refractivity contribution in [1.29, 1.82) is 0 Å². The third-order valence-corrected chi connectivity index (χ3v) is 5.97. The molecule has 1 aromatic heterocycles. The predicted octanol–water partition coefficient (Wildman–Crippen LogP) is 3.59. The van der Waals surface area contributed by atoms with E-state index in [0.29, 0.717) is 6.04 Å². The van der Waals surface area contributed by atoms with Gasteiger partial charge in [-0.05, 0) is 48.3 Å². The summed E-state index contributed by atoms with van der Waals surface area (Å²) in [6, 6.07) is 8.82. The van der Waals surface area contributed by atoms with E-state index in [2.05, 4.69) is 74.6 Å². The molecule has 3 rings (SSSR count). The summed E-state index contributed by atoms with van der Waals surface area (Å²) >= 11 is 5.41. The number of hydrogen-bond acceptors (Lipinski definition) is 4. The van der Waals surface area contributed by atoms with Crippen LogP contribution in [0.4, 0.5) is 5.69 Å². The number of anilines is 1. The fourth-order valence-electron chi connectivity index (χ4n) is 3.10. The van der Waals surface area contributed by atoms with E-state index in [0.717, 1.165) is 54.5 Å². The van der Waals surface area contributed by atoms with Gasteiger partial charge in [0.2, 0.25) is 0 Å². The van der Waals surface area contributed by atoms with Crippen LogP contribution in [0.3, 0.4) is 0 Å². The van der Waals surface area contributed by atoms with E-state index >= 15 is 0 Å². The minimum Gasteiger partial charge on any atom is -0.368 e. The molecule has 2 heterocycles. The number of aryl methyl sites for hydroxylation is 1. The van der Waals surface area contributed by atoms with E-state index in [1.165, 1.54) is 10.6 Å². The van der Waals surface area contributed by atoms with Gasteiger partial charge in [-0.3, -0.25) is 4.99 Å². The number of rotatable bonds is 6. The zero-order valence-electron chi connectivity index (χ0n) is 15.3. The quantitative estimate of drug-likeness (QED) is 0.537. The van der Waals surface area contributed by atoms with Crippen LogP contribution in [0.5, 0.6) is 0 Å². The van der Waals surface area contributed by atoms with Crippen LogP contribution in [0, 0.1) is 6.92 Å². The van der Waals surface area contributed by atoms with Crippen molar-refractivity contribution in [1.82, 2.24) is 15.6 Å². The number of thiazole rings is 1. The van der Waals surface area contributed by atoms with Gasteiger partial charge in [0.25, 0.3) is 0 Å². The van der Waals surface area contributed by atoms with Gasteiger partial charge in [0.15, 0.2) is 5.96 Å². The second-order valence-electron chi connectivity index (χ2n) is 6.40. The van der Waals surface area contributed by atoms with Crippen LogP contribution >= 0.6 is 27.3 Å². The van der Waals surface area contributed by atoms with Crippen LogP contribution in [-0.2, 0) is 6.42 Å². The molecule has 7 heteroatoms. The van der Waals surface area contributed by atoms with E-state index < -0.39 is 0 Å². The molecule has 1 atom stereocenters. The van der Waals surface area contributed by atoms with Crippen LogP contribution in [0.1, 0.15) is 23.2 Å². The maximum absolute atomic E-state index is 4.73. The van der Waals surface area contributed by atoms with Crippen LogP contribution in [0.15, 0.2) is 39.9 Å². The number of benzene rings is 1. The van der Waals surface area contributed by atoms with Gasteiger partial charge in [0, 0.05) is 54.2 Å². The molecule has 0 spiro atoms. The molecule has 1 fully saturated rings. The minimum absolute atomic E-state index is 0.405. The molecular weight excluding hydrogens is 410 g/mol. The zero-order valence-corrected chi connectivity index (χ0v) is 17.7. The van der Waals surface area contributed by atoms with Gasteiger partial charge >= 0.3 is 0 Å². The summed E-state index contributed by atoms with van der Waals surface area (Å²) in [5.74, 6) is 0.903. The van der Waals surface area contributed by atoms with Gasteiger partial charge in [-0.2, -0.15) is 0 Å². The van der Waals surface area contributed by atoms with Gasteiger partial charge in [0.1, 0.15) is 0 Å². The largest absolute Gasteiger partial charge is 0.368 e. The molecule has 1 aromatic carbocycles. The lowest BCUT2D eigenvalue weighted by atomic mass is 10.3. The molecule has 0 saturated carbocycles. The summed E-state index contributed by atoms with van der Waals surface area (Å²) < 4.78 is 1.15. The van der Waals surface area contributed by atoms with Crippen molar-refractivity contribution >= 4 is 38.9 Å². The molecule has 26 heavy (non-hydrogen) atoms. The van der Waals surface area contributed by atoms with Crippen molar-refractivity contribution in [3.8, 4) is 0 Å². The van der Waals surface area contributed by atoms with Crippen molar-refractivity contribution in [3.05, 3.63) is 44.8 Å². The van der Waals surface area contributed by atoms with E-state index in [-0.39, 0.29) is 0 Å². The predicted molar refractivity (Wildman–Crippen MR) is 114 cm³/mol. The molecule has 2 aromatic rings. The number of aromatic nitrogens is 1. The summed E-state index contributed by atoms with van der Waals surface area (Å²) in [4.78, 5) is 12.8. The van der Waals surface area contributed by atoms with Crippen molar-refractivity contribution in [2.75, 3.05) is 31.1 Å². The lowest BCUT2D eigenvalue weighted by Gasteiger charge is -2.21. The normalized spacial score (nSPS) is 17.6. The highest BCUT2D eigenvalue weighted by atomic mass is 79.9. The molecule has 0 aliphatic carbocycles. The SMILES string of the molecule is CCNC(=NCCc1ncc(C)s1)NC1CCN(c2ccccc2Br)C1. The molecule has 140 valence electrons. The Morgan fingerprint density at radius 3 is 3.00 bits per heavy atom. The van der Waals surface area contributed by atoms with E-state index in [1.54, 1.807) is 11.3 Å². The van der Waals surface area contributed by atoms with Crippen molar-refractivity contribution in [2.45, 2.75) is 32.7 Å². The maximum atomic E-state index is 4.73. The molecular formula is C19H26BrN5S. The lowest BCUT2D eigenvalue weighted by molar-refractivity contribution is 0.649. The highest BCUT2D eigenvalue weighted by Gasteiger charge is 2.24. The average Bonchev–Trinajstić information content (AvgIpc) is 3.25. The Balaban J connectivity index is 1.54. The van der Waals surface area contributed by atoms with Crippen LogP contribution < -0.4 is 15.5 Å². The van der Waals surface area contributed by atoms with Gasteiger partial charge in [-0.25, -0.2) is 4.98 Å². The molecule has 1 aliphatic rings. The third kappa shape index (κ3) is 5.20. The number of aliphatic imine (C=N–C) groups is 1. The zero-order chi connectivity index (χ0) is 18.4. The Kier molecular flexibility index (Phi) is 6.91. The summed E-state index contributed by atoms with van der Waals surface area (Å²) in [5, 5.41) is 8.11. The fourth-order valence-corrected chi connectivity index (χ4v) is 4.41. The third-order valence-electron chi connectivity index (χ3n) is 4.33. The van der Waals surface area contributed by atoms with E-state index in [4.69, 9.17) is 4.99 Å².